The van der Waals surface area contributed by atoms with E-state index in [1.807, 2.05) is 24.3 Å². The summed E-state index contributed by atoms with van der Waals surface area (Å²) >= 11 is 0. The molecule has 1 saturated heterocycles. The van der Waals surface area contributed by atoms with Gasteiger partial charge < -0.3 is 20.1 Å². The molecule has 5 heteroatoms. The molecule has 0 aliphatic carbocycles. The monoisotopic (exact) mass is 264 g/mol. The standard InChI is InChI=1S/C14H20N2O3/c1-10-8-16(9-11(7-15-10)14(17)18)12-5-3-4-6-13(12)19-2/h3-6,10-11,15H,7-9H2,1-2H3,(H,17,18). The maximum Gasteiger partial charge on any atom is 0.309 e. The molecule has 19 heavy (non-hydrogen) atoms. The van der Waals surface area contributed by atoms with Crippen LogP contribution in [-0.2, 0) is 4.79 Å². The normalized spacial score (nSPS) is 23.8. The molecular weight excluding hydrogens is 244 g/mol. The van der Waals surface area contributed by atoms with Crippen molar-refractivity contribution >= 4 is 11.7 Å². The van der Waals surface area contributed by atoms with Crippen LogP contribution in [0.15, 0.2) is 24.3 Å². The van der Waals surface area contributed by atoms with Gasteiger partial charge >= 0.3 is 5.97 Å². The van der Waals surface area contributed by atoms with Gasteiger partial charge in [0.15, 0.2) is 0 Å². The van der Waals surface area contributed by atoms with E-state index in [0.29, 0.717) is 13.1 Å². The van der Waals surface area contributed by atoms with Gasteiger partial charge in [-0.05, 0) is 19.1 Å². The van der Waals surface area contributed by atoms with Crippen molar-refractivity contribution in [3.8, 4) is 5.75 Å². The maximum absolute atomic E-state index is 11.2. The summed E-state index contributed by atoms with van der Waals surface area (Å²) in [5.41, 5.74) is 0.951. The fourth-order valence-corrected chi connectivity index (χ4v) is 2.40. The van der Waals surface area contributed by atoms with Crippen LogP contribution in [0.5, 0.6) is 5.75 Å². The predicted octanol–water partition coefficient (Wildman–Crippen LogP) is 1.19. The number of carboxylic acid groups (broad SMARTS) is 1. The fraction of sp³-hybridized carbons (Fsp3) is 0.500. The SMILES string of the molecule is COc1ccccc1N1CC(C)NCC(C(=O)O)C1. The molecule has 2 N–H and O–H groups in total. The summed E-state index contributed by atoms with van der Waals surface area (Å²) in [5.74, 6) is -0.392. The molecule has 0 aromatic heterocycles. The van der Waals surface area contributed by atoms with Crippen molar-refractivity contribution in [2.24, 2.45) is 5.92 Å². The average Bonchev–Trinajstić information content (AvgIpc) is 2.60. The lowest BCUT2D eigenvalue weighted by Crippen LogP contribution is -2.35. The summed E-state index contributed by atoms with van der Waals surface area (Å²) < 4.78 is 5.36. The van der Waals surface area contributed by atoms with Crippen molar-refractivity contribution in [3.63, 3.8) is 0 Å². The Morgan fingerprint density at radius 1 is 1.42 bits per heavy atom. The molecule has 0 amide bonds. The zero-order chi connectivity index (χ0) is 13.8. The van der Waals surface area contributed by atoms with Gasteiger partial charge in [-0.1, -0.05) is 12.1 Å². The van der Waals surface area contributed by atoms with Gasteiger partial charge in [0.1, 0.15) is 5.75 Å². The molecular formula is C14H20N2O3. The number of benzene rings is 1. The number of rotatable bonds is 3. The lowest BCUT2D eigenvalue weighted by atomic mass is 10.1. The maximum atomic E-state index is 11.2. The van der Waals surface area contributed by atoms with Crippen LogP contribution in [0.1, 0.15) is 6.92 Å². The summed E-state index contributed by atoms with van der Waals surface area (Å²) in [7, 11) is 1.63. The minimum Gasteiger partial charge on any atom is -0.495 e. The van der Waals surface area contributed by atoms with E-state index < -0.39 is 11.9 Å². The third-order valence-electron chi connectivity index (χ3n) is 3.42. The Kier molecular flexibility index (Phi) is 4.27. The minimum absolute atomic E-state index is 0.245. The van der Waals surface area contributed by atoms with Gasteiger partial charge in [-0.15, -0.1) is 0 Å². The fourth-order valence-electron chi connectivity index (χ4n) is 2.40. The lowest BCUT2D eigenvalue weighted by molar-refractivity contribution is -0.141. The van der Waals surface area contributed by atoms with Crippen LogP contribution in [0.2, 0.25) is 0 Å². The van der Waals surface area contributed by atoms with Gasteiger partial charge in [-0.2, -0.15) is 0 Å². The first-order valence-corrected chi connectivity index (χ1v) is 6.46. The topological polar surface area (TPSA) is 61.8 Å². The van der Waals surface area contributed by atoms with Crippen LogP contribution in [0.25, 0.3) is 0 Å². The molecule has 1 heterocycles. The predicted molar refractivity (Wildman–Crippen MR) is 73.8 cm³/mol. The number of para-hydroxylation sites is 2. The molecule has 2 unspecified atom stereocenters. The molecule has 2 rings (SSSR count). The first-order chi connectivity index (χ1) is 9.11. The van der Waals surface area contributed by atoms with Crippen LogP contribution < -0.4 is 15.0 Å². The number of nitrogens with zero attached hydrogens (tertiary/aromatic N) is 1. The number of carboxylic acids is 1. The summed E-state index contributed by atoms with van der Waals surface area (Å²) in [4.78, 5) is 13.3. The highest BCUT2D eigenvalue weighted by molar-refractivity contribution is 5.72. The van der Waals surface area contributed by atoms with E-state index in [9.17, 15) is 9.90 Å². The molecule has 1 aliphatic rings. The highest BCUT2D eigenvalue weighted by Crippen LogP contribution is 2.29. The van der Waals surface area contributed by atoms with Crippen LogP contribution in [-0.4, -0.2) is 43.9 Å². The third-order valence-corrected chi connectivity index (χ3v) is 3.42. The Morgan fingerprint density at radius 2 is 2.16 bits per heavy atom. The van der Waals surface area contributed by atoms with Crippen LogP contribution >= 0.6 is 0 Å². The number of ether oxygens (including phenoxy) is 1. The highest BCUT2D eigenvalue weighted by Gasteiger charge is 2.27. The van der Waals surface area contributed by atoms with Gasteiger partial charge in [0, 0.05) is 25.7 Å². The smallest absolute Gasteiger partial charge is 0.309 e. The van der Waals surface area contributed by atoms with Gasteiger partial charge in [-0.3, -0.25) is 4.79 Å². The van der Waals surface area contributed by atoms with Gasteiger partial charge in [0.25, 0.3) is 0 Å². The highest BCUT2D eigenvalue weighted by atomic mass is 16.5. The van der Waals surface area contributed by atoms with E-state index in [4.69, 9.17) is 4.74 Å². The number of nitrogens with one attached hydrogen (secondary N) is 1. The zero-order valence-corrected chi connectivity index (χ0v) is 11.3. The van der Waals surface area contributed by atoms with Crippen LogP contribution in [0, 0.1) is 5.92 Å². The van der Waals surface area contributed by atoms with E-state index >= 15 is 0 Å². The number of methoxy groups -OCH3 is 1. The average molecular weight is 264 g/mol. The Labute approximate surface area is 113 Å². The van der Waals surface area contributed by atoms with E-state index in [1.165, 1.54) is 0 Å². The summed E-state index contributed by atoms with van der Waals surface area (Å²) in [6, 6.07) is 7.96. The Balaban J connectivity index is 2.27. The molecule has 5 nitrogen and oxygen atoms in total. The molecule has 0 saturated carbocycles. The summed E-state index contributed by atoms with van der Waals surface area (Å²) in [6.07, 6.45) is 0. The van der Waals surface area contributed by atoms with E-state index in [-0.39, 0.29) is 6.04 Å². The summed E-state index contributed by atoms with van der Waals surface area (Å²) in [6.45, 7) is 3.83. The summed E-state index contributed by atoms with van der Waals surface area (Å²) in [5, 5.41) is 12.5. The first-order valence-electron chi connectivity index (χ1n) is 6.46. The van der Waals surface area contributed by atoms with E-state index in [1.54, 1.807) is 7.11 Å². The second-order valence-electron chi connectivity index (χ2n) is 4.92. The van der Waals surface area contributed by atoms with E-state index in [2.05, 4.69) is 17.1 Å². The largest absolute Gasteiger partial charge is 0.495 e. The quantitative estimate of drug-likeness (QED) is 0.859. The molecule has 1 aromatic carbocycles. The van der Waals surface area contributed by atoms with Crippen molar-refractivity contribution in [2.75, 3.05) is 31.6 Å². The van der Waals surface area contributed by atoms with Crippen molar-refractivity contribution in [1.29, 1.82) is 0 Å². The zero-order valence-electron chi connectivity index (χ0n) is 11.3. The molecule has 0 spiro atoms. The Hall–Kier alpha value is -1.75. The molecule has 0 radical (unpaired) electrons. The Bertz CT molecular complexity index is 450. The number of hydrogen-bond donors (Lipinski definition) is 2. The van der Waals surface area contributed by atoms with Crippen molar-refractivity contribution in [1.82, 2.24) is 5.32 Å². The van der Waals surface area contributed by atoms with Crippen molar-refractivity contribution in [2.45, 2.75) is 13.0 Å². The lowest BCUT2D eigenvalue weighted by Gasteiger charge is -2.27. The number of hydrogen-bond acceptors (Lipinski definition) is 4. The van der Waals surface area contributed by atoms with Crippen molar-refractivity contribution in [3.05, 3.63) is 24.3 Å². The number of anilines is 1. The molecule has 1 aromatic rings. The van der Waals surface area contributed by atoms with Crippen LogP contribution in [0.3, 0.4) is 0 Å². The molecule has 104 valence electrons. The van der Waals surface area contributed by atoms with Crippen LogP contribution in [0.4, 0.5) is 5.69 Å². The molecule has 2 atom stereocenters. The van der Waals surface area contributed by atoms with Gasteiger partial charge in [0.05, 0.1) is 18.7 Å². The molecule has 0 bridgehead atoms. The second-order valence-corrected chi connectivity index (χ2v) is 4.92. The Morgan fingerprint density at radius 3 is 2.84 bits per heavy atom. The number of carbonyl (C=O) groups is 1. The van der Waals surface area contributed by atoms with E-state index in [0.717, 1.165) is 18.0 Å². The first kappa shape index (κ1) is 13.7. The van der Waals surface area contributed by atoms with Crippen molar-refractivity contribution < 1.29 is 14.6 Å². The second kappa shape index (κ2) is 5.93. The molecule has 1 aliphatic heterocycles. The minimum atomic E-state index is -0.763. The van der Waals surface area contributed by atoms with Gasteiger partial charge in [0.2, 0.25) is 0 Å². The number of aliphatic carboxylic acids is 1. The van der Waals surface area contributed by atoms with Gasteiger partial charge in [-0.25, -0.2) is 0 Å². The third kappa shape index (κ3) is 3.17. The molecule has 1 fully saturated rings.